The zero-order chi connectivity index (χ0) is 10.5. The second-order valence-electron chi connectivity index (χ2n) is 3.72. The largest absolute Gasteiger partial charge is 0.396 e. The lowest BCUT2D eigenvalue weighted by Crippen LogP contribution is -2.18. The van der Waals surface area contributed by atoms with Crippen LogP contribution in [0.15, 0.2) is 12.4 Å². The summed E-state index contributed by atoms with van der Waals surface area (Å²) in [6, 6.07) is 0. The predicted molar refractivity (Wildman–Crippen MR) is 62.9 cm³/mol. The van der Waals surface area contributed by atoms with Crippen LogP contribution < -0.4 is 5.73 Å². The quantitative estimate of drug-likeness (QED) is 0.844. The number of nitrogens with zero attached hydrogens (tertiary/aromatic N) is 2. The molecule has 0 aliphatic carbocycles. The first-order valence-corrected chi connectivity index (χ1v) is 6.37. The third-order valence-corrected chi connectivity index (χ3v) is 3.86. The minimum Gasteiger partial charge on any atom is -0.396 e. The van der Waals surface area contributed by atoms with Gasteiger partial charge in [0, 0.05) is 30.4 Å². The van der Waals surface area contributed by atoms with Crippen molar-refractivity contribution in [1.29, 1.82) is 0 Å². The maximum Gasteiger partial charge on any atom is 0.0719 e. The zero-order valence-electron chi connectivity index (χ0n) is 8.76. The zero-order valence-corrected chi connectivity index (χ0v) is 9.58. The Bertz CT molecular complexity index is 297. The average Bonchev–Trinajstić information content (AvgIpc) is 2.66. The fraction of sp³-hybridized carbons (Fsp3) is 0.700. The van der Waals surface area contributed by atoms with E-state index >= 15 is 0 Å². The molecule has 1 saturated heterocycles. The molecule has 2 rings (SSSR count). The summed E-state index contributed by atoms with van der Waals surface area (Å²) in [5.41, 5.74) is 6.33. The van der Waals surface area contributed by atoms with E-state index in [-0.39, 0.29) is 0 Å². The number of nitrogens with two attached hydrogens (primary N) is 1. The summed E-state index contributed by atoms with van der Waals surface area (Å²) >= 11 is 2.02. The van der Waals surface area contributed by atoms with Gasteiger partial charge >= 0.3 is 0 Å². The highest BCUT2D eigenvalue weighted by atomic mass is 32.2. The fourth-order valence-corrected chi connectivity index (χ4v) is 2.81. The molecule has 0 spiro atoms. The van der Waals surface area contributed by atoms with Crippen LogP contribution in [0.1, 0.15) is 12.8 Å². The lowest BCUT2D eigenvalue weighted by atomic mass is 10.2. The molecule has 15 heavy (non-hydrogen) atoms. The van der Waals surface area contributed by atoms with E-state index in [1.54, 1.807) is 6.20 Å². The number of hydrogen-bond acceptors (Lipinski definition) is 4. The minimum atomic E-state index is 0.742. The van der Waals surface area contributed by atoms with Crippen molar-refractivity contribution in [2.75, 3.05) is 24.7 Å². The highest BCUT2D eigenvalue weighted by molar-refractivity contribution is 7.99. The van der Waals surface area contributed by atoms with E-state index < -0.39 is 0 Å². The van der Waals surface area contributed by atoms with Gasteiger partial charge in [0.05, 0.1) is 18.4 Å². The topological polar surface area (TPSA) is 53.1 Å². The van der Waals surface area contributed by atoms with Crippen LogP contribution in [0.25, 0.3) is 0 Å². The molecule has 1 aromatic rings. The van der Waals surface area contributed by atoms with Crippen molar-refractivity contribution in [1.82, 2.24) is 9.78 Å². The lowest BCUT2D eigenvalue weighted by molar-refractivity contribution is 0.1000. The van der Waals surface area contributed by atoms with Gasteiger partial charge < -0.3 is 10.5 Å². The molecule has 0 radical (unpaired) electrons. The van der Waals surface area contributed by atoms with E-state index in [9.17, 15) is 0 Å². The molecule has 0 aromatic carbocycles. The van der Waals surface area contributed by atoms with Gasteiger partial charge in [0.2, 0.25) is 0 Å². The van der Waals surface area contributed by atoms with Gasteiger partial charge in [0.25, 0.3) is 0 Å². The smallest absolute Gasteiger partial charge is 0.0719 e. The maximum atomic E-state index is 5.59. The van der Waals surface area contributed by atoms with Crippen LogP contribution >= 0.6 is 11.8 Å². The number of anilines is 1. The van der Waals surface area contributed by atoms with Crippen LogP contribution in [0.4, 0.5) is 5.69 Å². The number of thioether (sulfide) groups is 1. The molecule has 2 N–H and O–H groups in total. The highest BCUT2D eigenvalue weighted by Gasteiger charge is 2.13. The molecule has 0 atom stereocenters. The van der Waals surface area contributed by atoms with Gasteiger partial charge in [-0.3, -0.25) is 4.68 Å². The van der Waals surface area contributed by atoms with E-state index in [0.29, 0.717) is 0 Å². The van der Waals surface area contributed by atoms with Gasteiger partial charge in [0.15, 0.2) is 0 Å². The monoisotopic (exact) mass is 227 g/mol. The average molecular weight is 227 g/mol. The first kappa shape index (κ1) is 10.8. The summed E-state index contributed by atoms with van der Waals surface area (Å²) in [7, 11) is 0. The van der Waals surface area contributed by atoms with E-state index in [1.165, 1.54) is 12.8 Å². The number of hydrogen-bond donors (Lipinski definition) is 1. The Morgan fingerprint density at radius 3 is 3.00 bits per heavy atom. The summed E-state index contributed by atoms with van der Waals surface area (Å²) in [5, 5.41) is 4.92. The Morgan fingerprint density at radius 1 is 1.53 bits per heavy atom. The van der Waals surface area contributed by atoms with Crippen molar-refractivity contribution in [3.05, 3.63) is 12.4 Å². The Labute approximate surface area is 94.2 Å². The van der Waals surface area contributed by atoms with Crippen molar-refractivity contribution in [3.8, 4) is 0 Å². The molecule has 1 aliphatic rings. The molecule has 0 bridgehead atoms. The summed E-state index contributed by atoms with van der Waals surface area (Å²) < 4.78 is 7.22. The molecule has 0 amide bonds. The third-order valence-electron chi connectivity index (χ3n) is 2.50. The molecule has 1 fully saturated rings. The molecule has 84 valence electrons. The Hall–Kier alpha value is -0.680. The summed E-state index contributed by atoms with van der Waals surface area (Å²) in [6.45, 7) is 2.79. The van der Waals surface area contributed by atoms with Crippen LogP contribution in [0, 0.1) is 0 Å². The van der Waals surface area contributed by atoms with Crippen molar-refractivity contribution < 1.29 is 4.74 Å². The highest BCUT2D eigenvalue weighted by Crippen LogP contribution is 2.21. The predicted octanol–water partition coefficient (Wildman–Crippen LogP) is 1.38. The molecule has 5 heteroatoms. The number of aromatic nitrogens is 2. The van der Waals surface area contributed by atoms with Gasteiger partial charge in [-0.25, -0.2) is 0 Å². The minimum absolute atomic E-state index is 0.742. The SMILES string of the molecule is Nc1cnn(CCSC2CCOCC2)c1. The van der Waals surface area contributed by atoms with Crippen LogP contribution in [0.5, 0.6) is 0 Å². The Balaban J connectivity index is 1.65. The van der Waals surface area contributed by atoms with E-state index in [4.69, 9.17) is 10.5 Å². The van der Waals surface area contributed by atoms with Gasteiger partial charge in [-0.15, -0.1) is 0 Å². The van der Waals surface area contributed by atoms with E-state index in [2.05, 4.69) is 5.10 Å². The Morgan fingerprint density at radius 2 is 2.33 bits per heavy atom. The van der Waals surface area contributed by atoms with Crippen LogP contribution in [0.2, 0.25) is 0 Å². The fourth-order valence-electron chi connectivity index (χ4n) is 1.66. The van der Waals surface area contributed by atoms with Crippen molar-refractivity contribution in [3.63, 3.8) is 0 Å². The first-order chi connectivity index (χ1) is 7.34. The molecule has 4 nitrogen and oxygen atoms in total. The summed E-state index contributed by atoms with van der Waals surface area (Å²) in [6.07, 6.45) is 5.95. The molecule has 1 aliphatic heterocycles. The Kier molecular flexibility index (Phi) is 3.91. The number of ether oxygens (including phenoxy) is 1. The molecule has 0 unspecified atom stereocenters. The number of aryl methyl sites for hydroxylation is 1. The molecule has 0 saturated carbocycles. The van der Waals surface area contributed by atoms with Gasteiger partial charge in [-0.05, 0) is 12.8 Å². The van der Waals surface area contributed by atoms with E-state index in [0.717, 1.165) is 36.4 Å². The van der Waals surface area contributed by atoms with E-state index in [1.807, 2.05) is 22.6 Å². The molecule has 1 aromatic heterocycles. The van der Waals surface area contributed by atoms with Crippen molar-refractivity contribution in [2.45, 2.75) is 24.6 Å². The summed E-state index contributed by atoms with van der Waals surface area (Å²) in [5.74, 6) is 1.10. The molecular weight excluding hydrogens is 210 g/mol. The van der Waals surface area contributed by atoms with Crippen LogP contribution in [-0.2, 0) is 11.3 Å². The van der Waals surface area contributed by atoms with Gasteiger partial charge in [-0.2, -0.15) is 16.9 Å². The third kappa shape index (κ3) is 3.43. The first-order valence-electron chi connectivity index (χ1n) is 5.32. The van der Waals surface area contributed by atoms with Gasteiger partial charge in [-0.1, -0.05) is 0 Å². The van der Waals surface area contributed by atoms with Crippen molar-refractivity contribution in [2.24, 2.45) is 0 Å². The summed E-state index contributed by atoms with van der Waals surface area (Å²) in [4.78, 5) is 0. The molecule has 2 heterocycles. The lowest BCUT2D eigenvalue weighted by Gasteiger charge is -2.21. The second kappa shape index (κ2) is 5.42. The van der Waals surface area contributed by atoms with Crippen molar-refractivity contribution >= 4 is 17.4 Å². The van der Waals surface area contributed by atoms with Crippen LogP contribution in [0.3, 0.4) is 0 Å². The number of rotatable bonds is 4. The standard InChI is InChI=1S/C10H17N3OS/c11-9-7-12-13(8-9)3-6-15-10-1-4-14-5-2-10/h7-8,10H,1-6,11H2. The van der Waals surface area contributed by atoms with Crippen LogP contribution in [-0.4, -0.2) is 34.0 Å². The van der Waals surface area contributed by atoms with Gasteiger partial charge in [0.1, 0.15) is 0 Å². The maximum absolute atomic E-state index is 5.59. The normalized spacial score (nSPS) is 18.1. The molecular formula is C10H17N3OS. The number of nitrogen functional groups attached to an aromatic ring is 1. The second-order valence-corrected chi connectivity index (χ2v) is 5.13.